The Hall–Kier alpha value is -2.69. The summed E-state index contributed by atoms with van der Waals surface area (Å²) in [6.07, 6.45) is 1.04. The van der Waals surface area contributed by atoms with Gasteiger partial charge < -0.3 is 9.64 Å². The molecule has 0 amide bonds. The average Bonchev–Trinajstić information content (AvgIpc) is 2.37. The van der Waals surface area contributed by atoms with Crippen molar-refractivity contribution in [2.75, 3.05) is 25.1 Å². The molecular weight excluding hydrogens is 252 g/mol. The van der Waals surface area contributed by atoms with Gasteiger partial charge >= 0.3 is 5.97 Å². The van der Waals surface area contributed by atoms with Gasteiger partial charge in [-0.15, -0.1) is 0 Å². The molecule has 0 aromatic carbocycles. The van der Waals surface area contributed by atoms with Crippen LogP contribution in [0.3, 0.4) is 0 Å². The van der Waals surface area contributed by atoms with Crippen LogP contribution in [-0.4, -0.2) is 36.1 Å². The maximum absolute atomic E-state index is 11.3. The minimum atomic E-state index is -0.636. The van der Waals surface area contributed by atoms with E-state index in [0.29, 0.717) is 0 Å². The van der Waals surface area contributed by atoms with Crippen molar-refractivity contribution in [1.29, 1.82) is 5.26 Å². The van der Waals surface area contributed by atoms with Crippen molar-refractivity contribution >= 4 is 17.5 Å². The first kappa shape index (κ1) is 14.4. The Morgan fingerprint density at radius 1 is 1.68 bits per heavy atom. The van der Waals surface area contributed by atoms with Crippen molar-refractivity contribution in [3.63, 3.8) is 0 Å². The Morgan fingerprint density at radius 3 is 2.89 bits per heavy atom. The van der Waals surface area contributed by atoms with Crippen LogP contribution in [0.2, 0.25) is 0 Å². The van der Waals surface area contributed by atoms with Gasteiger partial charge in [-0.05, 0) is 6.92 Å². The summed E-state index contributed by atoms with van der Waals surface area (Å²) < 4.78 is 4.77. The second-order valence-corrected chi connectivity index (χ2v) is 3.59. The summed E-state index contributed by atoms with van der Waals surface area (Å²) >= 11 is 0. The molecule has 0 N–H and O–H groups in total. The third kappa shape index (κ3) is 3.64. The predicted octanol–water partition coefficient (Wildman–Crippen LogP) is 0.861. The Balaban J connectivity index is 2.97. The number of pyridine rings is 1. The number of nitrogens with zero attached hydrogens (tertiary/aromatic N) is 4. The maximum atomic E-state index is 11.3. The summed E-state index contributed by atoms with van der Waals surface area (Å²) in [6.45, 7) is 1.85. The van der Waals surface area contributed by atoms with Crippen molar-refractivity contribution in [3.05, 3.63) is 27.9 Å². The van der Waals surface area contributed by atoms with Crippen molar-refractivity contribution in [2.45, 2.75) is 6.92 Å². The van der Waals surface area contributed by atoms with Gasteiger partial charge in [0.05, 0.1) is 11.5 Å². The first-order valence-corrected chi connectivity index (χ1v) is 5.40. The second kappa shape index (κ2) is 6.30. The van der Waals surface area contributed by atoms with Gasteiger partial charge in [-0.3, -0.25) is 14.9 Å². The second-order valence-electron chi connectivity index (χ2n) is 3.59. The van der Waals surface area contributed by atoms with Crippen molar-refractivity contribution < 1.29 is 14.5 Å². The van der Waals surface area contributed by atoms with Crippen LogP contribution >= 0.6 is 0 Å². The highest BCUT2D eigenvalue weighted by Crippen LogP contribution is 2.20. The minimum absolute atomic E-state index is 0.0287. The number of anilines is 1. The number of rotatable bonds is 5. The molecule has 0 aliphatic rings. The summed E-state index contributed by atoms with van der Waals surface area (Å²) in [7, 11) is 1.55. The molecule has 1 aromatic rings. The number of nitriles is 1. The number of esters is 1. The highest BCUT2D eigenvalue weighted by Gasteiger charge is 2.17. The number of likely N-dealkylation sites (N-methyl/N-ethyl adjacent to an activating group) is 1. The molecule has 0 atom stereocenters. The molecular formula is C11H12N4O4. The number of aromatic nitrogens is 1. The third-order valence-corrected chi connectivity index (χ3v) is 2.22. The molecule has 8 nitrogen and oxygen atoms in total. The van der Waals surface area contributed by atoms with E-state index in [-0.39, 0.29) is 30.2 Å². The minimum Gasteiger partial charge on any atom is -0.465 e. The number of hydrogen-bond donors (Lipinski definition) is 0. The van der Waals surface area contributed by atoms with Crippen molar-refractivity contribution in [1.82, 2.24) is 4.98 Å². The van der Waals surface area contributed by atoms with Gasteiger partial charge in [0.1, 0.15) is 30.2 Å². The van der Waals surface area contributed by atoms with Crippen LogP contribution in [0.25, 0.3) is 0 Å². The molecule has 0 fully saturated rings. The zero-order valence-electron chi connectivity index (χ0n) is 10.5. The van der Waals surface area contributed by atoms with E-state index in [4.69, 9.17) is 10.00 Å². The normalized spacial score (nSPS) is 9.53. The number of ether oxygens (including phenoxy) is 1. The van der Waals surface area contributed by atoms with E-state index in [1.165, 1.54) is 4.90 Å². The van der Waals surface area contributed by atoms with Crippen molar-refractivity contribution in [2.24, 2.45) is 0 Å². The molecule has 0 spiro atoms. The first-order chi connectivity index (χ1) is 8.99. The molecule has 0 saturated heterocycles. The van der Waals surface area contributed by atoms with Gasteiger partial charge in [0, 0.05) is 13.1 Å². The van der Waals surface area contributed by atoms with Gasteiger partial charge in [0.2, 0.25) is 0 Å². The van der Waals surface area contributed by atoms with Crippen molar-refractivity contribution in [3.8, 4) is 6.07 Å². The lowest BCUT2D eigenvalue weighted by Crippen LogP contribution is -2.28. The highest BCUT2D eigenvalue weighted by molar-refractivity contribution is 5.76. The molecule has 0 saturated carbocycles. The van der Waals surface area contributed by atoms with E-state index in [2.05, 4.69) is 4.98 Å². The summed E-state index contributed by atoms with van der Waals surface area (Å²) in [5.41, 5.74) is -0.245. The van der Waals surface area contributed by atoms with Crippen LogP contribution in [0.4, 0.5) is 11.5 Å². The van der Waals surface area contributed by atoms with Crippen LogP contribution in [0.15, 0.2) is 12.3 Å². The van der Waals surface area contributed by atoms with Gasteiger partial charge in [-0.1, -0.05) is 0 Å². The number of nitro groups is 1. The lowest BCUT2D eigenvalue weighted by molar-refractivity contribution is -0.385. The monoisotopic (exact) mass is 264 g/mol. The van der Waals surface area contributed by atoms with E-state index < -0.39 is 10.9 Å². The van der Waals surface area contributed by atoms with Gasteiger partial charge in [-0.2, -0.15) is 5.26 Å². The fraction of sp³-hybridized carbons (Fsp3) is 0.364. The molecule has 1 aromatic heterocycles. The molecule has 0 aliphatic heterocycles. The summed E-state index contributed by atoms with van der Waals surface area (Å²) in [5.74, 6) is -0.268. The zero-order chi connectivity index (χ0) is 14.4. The SMILES string of the molecule is CCOC(=O)CN(C)c1ncc([N+](=O)[O-])cc1C#N. The largest absolute Gasteiger partial charge is 0.465 e. The topological polar surface area (TPSA) is 109 Å². The van der Waals surface area contributed by atoms with Crippen LogP contribution in [-0.2, 0) is 9.53 Å². The number of hydrogen-bond acceptors (Lipinski definition) is 7. The smallest absolute Gasteiger partial charge is 0.325 e. The molecule has 0 bridgehead atoms. The Kier molecular flexibility index (Phi) is 4.76. The fourth-order valence-corrected chi connectivity index (χ4v) is 1.41. The molecule has 0 aliphatic carbocycles. The van der Waals surface area contributed by atoms with Crippen LogP contribution in [0.1, 0.15) is 12.5 Å². The van der Waals surface area contributed by atoms with E-state index in [1.54, 1.807) is 14.0 Å². The number of carbonyl (C=O) groups is 1. The molecule has 8 heteroatoms. The highest BCUT2D eigenvalue weighted by atomic mass is 16.6. The standard InChI is InChI=1S/C11H12N4O4/c1-3-19-10(16)7-14(2)11-8(5-12)4-9(6-13-11)15(17)18/h4,6H,3,7H2,1-2H3. The van der Waals surface area contributed by atoms with E-state index in [1.807, 2.05) is 6.07 Å². The molecule has 19 heavy (non-hydrogen) atoms. The van der Waals surface area contributed by atoms with Gasteiger partial charge in [0.25, 0.3) is 5.69 Å². The van der Waals surface area contributed by atoms with E-state index in [0.717, 1.165) is 12.3 Å². The van der Waals surface area contributed by atoms with Gasteiger partial charge in [-0.25, -0.2) is 4.98 Å². The summed E-state index contributed by atoms with van der Waals surface area (Å²) in [6, 6.07) is 2.93. The molecule has 0 unspecified atom stereocenters. The fourth-order valence-electron chi connectivity index (χ4n) is 1.41. The molecule has 1 heterocycles. The van der Waals surface area contributed by atoms with Crippen LogP contribution < -0.4 is 4.90 Å². The molecule has 0 radical (unpaired) electrons. The quantitative estimate of drug-likeness (QED) is 0.440. The Morgan fingerprint density at radius 2 is 2.37 bits per heavy atom. The number of carbonyl (C=O) groups excluding carboxylic acids is 1. The Bertz CT molecular complexity index is 538. The van der Waals surface area contributed by atoms with Crippen LogP contribution in [0.5, 0.6) is 0 Å². The lowest BCUT2D eigenvalue weighted by Gasteiger charge is -2.17. The molecule has 100 valence electrons. The van der Waals surface area contributed by atoms with E-state index >= 15 is 0 Å². The summed E-state index contributed by atoms with van der Waals surface area (Å²) in [4.78, 5) is 26.5. The van der Waals surface area contributed by atoms with Crippen LogP contribution in [0, 0.1) is 21.4 Å². The zero-order valence-corrected chi connectivity index (χ0v) is 10.5. The first-order valence-electron chi connectivity index (χ1n) is 5.40. The van der Waals surface area contributed by atoms with E-state index in [9.17, 15) is 14.9 Å². The summed E-state index contributed by atoms with van der Waals surface area (Å²) in [5, 5.41) is 19.5. The third-order valence-electron chi connectivity index (χ3n) is 2.22. The average molecular weight is 264 g/mol. The predicted molar refractivity (Wildman–Crippen MR) is 65.5 cm³/mol. The maximum Gasteiger partial charge on any atom is 0.325 e. The Labute approximate surface area is 109 Å². The molecule has 1 rings (SSSR count). The van der Waals surface area contributed by atoms with Gasteiger partial charge in [0.15, 0.2) is 0 Å². The lowest BCUT2D eigenvalue weighted by atomic mass is 10.2.